The molecule has 0 bridgehead atoms. The fourth-order valence-electron chi connectivity index (χ4n) is 5.38. The Morgan fingerprint density at radius 1 is 1.24 bits per heavy atom. The lowest BCUT2D eigenvalue weighted by atomic mass is 9.93. The number of ether oxygens (including phenoxy) is 1. The molecule has 0 radical (unpaired) electrons. The highest BCUT2D eigenvalue weighted by Crippen LogP contribution is 2.71. The van der Waals surface area contributed by atoms with Gasteiger partial charge in [-0.05, 0) is 92.0 Å². The van der Waals surface area contributed by atoms with Gasteiger partial charge in [0.25, 0.3) is 0 Å². The summed E-state index contributed by atoms with van der Waals surface area (Å²) in [5, 5.41) is 0. The Labute approximate surface area is 179 Å². The number of carbonyl (C=O) groups is 1. The van der Waals surface area contributed by atoms with Crippen molar-refractivity contribution in [1.82, 2.24) is 0 Å². The van der Waals surface area contributed by atoms with Gasteiger partial charge in [0.2, 0.25) is 0 Å². The third-order valence-electron chi connectivity index (χ3n) is 7.33. The molecule has 1 unspecified atom stereocenters. The number of hydrogen-bond donors (Lipinski definition) is 0. The maximum atomic E-state index is 13.1. The van der Waals surface area contributed by atoms with Crippen LogP contribution in [0, 0.1) is 32.1 Å². The van der Waals surface area contributed by atoms with Gasteiger partial charge in [0.1, 0.15) is 5.75 Å². The molecule has 1 aromatic carbocycles. The van der Waals surface area contributed by atoms with Gasteiger partial charge in [0, 0.05) is 11.3 Å². The van der Waals surface area contributed by atoms with Crippen LogP contribution in [0.1, 0.15) is 88.8 Å². The van der Waals surface area contributed by atoms with Crippen LogP contribution in [0.15, 0.2) is 12.1 Å². The van der Waals surface area contributed by atoms with E-state index >= 15 is 0 Å². The number of hydrogen-bond acceptors (Lipinski definition) is 3. The second-order valence-corrected chi connectivity index (χ2v) is 11.0. The zero-order valence-corrected chi connectivity index (χ0v) is 19.8. The second kappa shape index (κ2) is 7.27. The fourth-order valence-corrected chi connectivity index (χ4v) is 6.58. The number of thiophene rings is 1. The number of carbonyl (C=O) groups excluding carboxylic acids is 1. The Morgan fingerprint density at radius 3 is 2.52 bits per heavy atom. The lowest BCUT2D eigenvalue weighted by Gasteiger charge is -2.18. The van der Waals surface area contributed by atoms with Crippen LogP contribution in [-0.2, 0) is 12.8 Å². The van der Waals surface area contributed by atoms with Crippen molar-refractivity contribution in [2.24, 2.45) is 11.3 Å². The molecule has 2 aliphatic rings. The second-order valence-electron chi connectivity index (χ2n) is 9.81. The molecular weight excluding hydrogens is 376 g/mol. The first-order chi connectivity index (χ1) is 13.6. The van der Waals surface area contributed by atoms with Gasteiger partial charge >= 0.3 is 0 Å². The first-order valence-electron chi connectivity index (χ1n) is 11.1. The molecule has 1 aromatic heterocycles. The third-order valence-corrected chi connectivity index (χ3v) is 8.53. The minimum atomic E-state index is 0.222. The van der Waals surface area contributed by atoms with E-state index in [2.05, 4.69) is 60.6 Å². The molecule has 2 aromatic rings. The number of benzene rings is 1. The van der Waals surface area contributed by atoms with E-state index in [1.54, 1.807) is 11.3 Å². The molecule has 0 aliphatic heterocycles. The molecule has 2 aliphatic carbocycles. The van der Waals surface area contributed by atoms with Crippen molar-refractivity contribution in [1.29, 1.82) is 0 Å². The summed E-state index contributed by atoms with van der Waals surface area (Å²) in [5.74, 6) is 2.78. The maximum absolute atomic E-state index is 13.1. The third kappa shape index (κ3) is 3.46. The molecule has 0 saturated heterocycles. The van der Waals surface area contributed by atoms with E-state index < -0.39 is 0 Å². The van der Waals surface area contributed by atoms with E-state index in [9.17, 15) is 4.79 Å². The van der Waals surface area contributed by atoms with Crippen LogP contribution in [0.3, 0.4) is 0 Å². The van der Waals surface area contributed by atoms with E-state index in [-0.39, 0.29) is 6.10 Å². The van der Waals surface area contributed by atoms with Crippen LogP contribution >= 0.6 is 11.3 Å². The van der Waals surface area contributed by atoms with Crippen LogP contribution < -0.4 is 4.74 Å². The lowest BCUT2D eigenvalue weighted by molar-refractivity contribution is 0.0985. The zero-order chi connectivity index (χ0) is 21.1. The van der Waals surface area contributed by atoms with Crippen molar-refractivity contribution in [3.63, 3.8) is 0 Å². The summed E-state index contributed by atoms with van der Waals surface area (Å²) in [6.45, 7) is 15.4. The van der Waals surface area contributed by atoms with Crippen molar-refractivity contribution in [2.75, 3.05) is 0 Å². The SMILES string of the molecule is CCC(C)Oc1c(C)cc(CCC(=O)c2sc(C)c3c2C[C@@H]2[C@H]3C2(C)C)cc1C. The summed E-state index contributed by atoms with van der Waals surface area (Å²) in [7, 11) is 0. The van der Waals surface area contributed by atoms with Crippen LogP contribution in [0.4, 0.5) is 0 Å². The van der Waals surface area contributed by atoms with Gasteiger partial charge in [-0.3, -0.25) is 4.79 Å². The smallest absolute Gasteiger partial charge is 0.173 e. The maximum Gasteiger partial charge on any atom is 0.173 e. The number of rotatable bonds is 7. The van der Waals surface area contributed by atoms with Gasteiger partial charge in [-0.15, -0.1) is 11.3 Å². The Hall–Kier alpha value is -1.61. The Morgan fingerprint density at radius 2 is 1.90 bits per heavy atom. The van der Waals surface area contributed by atoms with Crippen molar-refractivity contribution in [2.45, 2.75) is 86.2 Å². The standard InChI is InChI=1S/C26H34O2S/c1-8-16(4)28-24-14(2)11-18(12-15(24)3)9-10-21(27)25-19-13-20-23(26(20,6)7)22(19)17(5)29-25/h11-12,16,20,23H,8-10,13H2,1-7H3/t16?,20-,23-/m1/s1. The van der Waals surface area contributed by atoms with Crippen LogP contribution in [-0.4, -0.2) is 11.9 Å². The van der Waals surface area contributed by atoms with Gasteiger partial charge in [-0.1, -0.05) is 32.9 Å². The average molecular weight is 411 g/mol. The van der Waals surface area contributed by atoms with Crippen molar-refractivity contribution >= 4 is 17.1 Å². The molecule has 3 heteroatoms. The van der Waals surface area contributed by atoms with E-state index in [0.717, 1.165) is 35.8 Å². The first-order valence-corrected chi connectivity index (χ1v) is 11.9. The molecule has 0 spiro atoms. The van der Waals surface area contributed by atoms with Crippen molar-refractivity contribution in [3.05, 3.63) is 49.7 Å². The van der Waals surface area contributed by atoms with E-state index in [1.807, 2.05) is 0 Å². The summed E-state index contributed by atoms with van der Waals surface area (Å²) in [4.78, 5) is 15.5. The summed E-state index contributed by atoms with van der Waals surface area (Å²) in [6, 6.07) is 4.39. The van der Waals surface area contributed by atoms with Crippen LogP contribution in [0.2, 0.25) is 0 Å². The normalized spacial score (nSPS) is 22.2. The molecular formula is C26H34O2S. The summed E-state index contributed by atoms with van der Waals surface area (Å²) in [5.41, 5.74) is 6.92. The number of ketones is 1. The molecule has 1 saturated carbocycles. The predicted octanol–water partition coefficient (Wildman–Crippen LogP) is 6.96. The van der Waals surface area contributed by atoms with Gasteiger partial charge in [0.15, 0.2) is 5.78 Å². The summed E-state index contributed by atoms with van der Waals surface area (Å²) >= 11 is 1.74. The van der Waals surface area contributed by atoms with Gasteiger partial charge < -0.3 is 4.74 Å². The monoisotopic (exact) mass is 410 g/mol. The minimum absolute atomic E-state index is 0.222. The average Bonchev–Trinajstić information content (AvgIpc) is 3.00. The number of Topliss-reactive ketones (excluding diaryl/α,β-unsaturated/α-hetero) is 1. The van der Waals surface area contributed by atoms with Crippen LogP contribution in [0.25, 0.3) is 0 Å². The van der Waals surface area contributed by atoms with Crippen molar-refractivity contribution < 1.29 is 9.53 Å². The van der Waals surface area contributed by atoms with E-state index in [4.69, 9.17) is 4.74 Å². The van der Waals surface area contributed by atoms with Crippen LogP contribution in [0.5, 0.6) is 5.75 Å². The van der Waals surface area contributed by atoms with Gasteiger partial charge in [0.05, 0.1) is 11.0 Å². The highest BCUT2D eigenvalue weighted by Gasteiger charge is 2.63. The molecule has 156 valence electrons. The van der Waals surface area contributed by atoms with Crippen molar-refractivity contribution in [3.8, 4) is 5.75 Å². The van der Waals surface area contributed by atoms with E-state index in [0.29, 0.717) is 23.5 Å². The molecule has 0 N–H and O–H groups in total. The van der Waals surface area contributed by atoms with Gasteiger partial charge in [-0.25, -0.2) is 0 Å². The number of aryl methyl sites for hydroxylation is 4. The topological polar surface area (TPSA) is 26.3 Å². The summed E-state index contributed by atoms with van der Waals surface area (Å²) < 4.78 is 6.09. The Balaban J connectivity index is 1.46. The molecule has 1 heterocycles. The molecule has 0 amide bonds. The van der Waals surface area contributed by atoms with Gasteiger partial charge in [-0.2, -0.15) is 0 Å². The molecule has 3 atom stereocenters. The fraction of sp³-hybridized carbons (Fsp3) is 0.577. The number of fused-ring (bicyclic) bond motifs is 3. The minimum Gasteiger partial charge on any atom is -0.490 e. The zero-order valence-electron chi connectivity index (χ0n) is 18.9. The molecule has 4 rings (SSSR count). The van der Waals surface area contributed by atoms with E-state index in [1.165, 1.54) is 32.7 Å². The Kier molecular flexibility index (Phi) is 5.17. The molecule has 1 fully saturated rings. The quantitative estimate of drug-likeness (QED) is 0.461. The molecule has 2 nitrogen and oxygen atoms in total. The lowest BCUT2D eigenvalue weighted by Crippen LogP contribution is -2.12. The Bertz CT molecular complexity index is 942. The predicted molar refractivity (Wildman–Crippen MR) is 122 cm³/mol. The first kappa shape index (κ1) is 20.7. The highest BCUT2D eigenvalue weighted by atomic mass is 32.1. The summed E-state index contributed by atoms with van der Waals surface area (Å²) in [6.07, 6.45) is 3.72. The molecule has 29 heavy (non-hydrogen) atoms. The highest BCUT2D eigenvalue weighted by molar-refractivity contribution is 7.14. The largest absolute Gasteiger partial charge is 0.490 e.